The maximum absolute atomic E-state index is 5.93. The van der Waals surface area contributed by atoms with Crippen molar-refractivity contribution in [3.63, 3.8) is 0 Å². The van der Waals surface area contributed by atoms with Crippen LogP contribution in [0.5, 0.6) is 0 Å². The Bertz CT molecular complexity index is 662. The van der Waals surface area contributed by atoms with Crippen LogP contribution < -0.4 is 24.8 Å². The maximum Gasteiger partial charge on any atom is 0.183 e. The van der Waals surface area contributed by atoms with Crippen molar-refractivity contribution < 1.29 is 57.9 Å². The first-order valence-corrected chi connectivity index (χ1v) is 27.0. The molecule has 202 valence electrons. The van der Waals surface area contributed by atoms with Crippen LogP contribution in [0.1, 0.15) is 19.8 Å². The molecule has 0 radical (unpaired) electrons. The van der Waals surface area contributed by atoms with E-state index in [2.05, 4.69) is 106 Å². The van der Waals surface area contributed by atoms with Crippen LogP contribution in [0.3, 0.4) is 0 Å². The third-order valence-corrected chi connectivity index (χ3v) is 14.0. The molecule has 0 saturated carbocycles. The van der Waals surface area contributed by atoms with Gasteiger partial charge in [-0.3, -0.25) is 12.2 Å². The van der Waals surface area contributed by atoms with Crippen LogP contribution in [-0.4, -0.2) is 49.7 Å². The maximum atomic E-state index is 5.93. The van der Waals surface area contributed by atoms with Gasteiger partial charge in [-0.2, -0.15) is 12.2 Å². The molecule has 2 aliphatic rings. The summed E-state index contributed by atoms with van der Waals surface area (Å²) in [6.45, 7) is 27.1. The third kappa shape index (κ3) is 20.7. The van der Waals surface area contributed by atoms with Crippen LogP contribution in [0, 0.1) is 12.2 Å². The van der Waals surface area contributed by atoms with Crippen molar-refractivity contribution in [2.45, 2.75) is 97.3 Å². The van der Waals surface area contributed by atoms with E-state index in [-0.39, 0.29) is 24.8 Å². The average molecular weight is 669 g/mol. The molecule has 0 amide bonds. The Morgan fingerprint density at radius 3 is 1.20 bits per heavy atom. The zero-order chi connectivity index (χ0) is 25.8. The minimum absolute atomic E-state index is 0. The van der Waals surface area contributed by atoms with Gasteiger partial charge in [0.1, 0.15) is 0 Å². The molecule has 0 heterocycles. The summed E-state index contributed by atoms with van der Waals surface area (Å²) >= 11 is 1.51. The summed E-state index contributed by atoms with van der Waals surface area (Å²) in [7, 11) is -5.15. The van der Waals surface area contributed by atoms with E-state index in [1.165, 1.54) is 46.7 Å². The van der Waals surface area contributed by atoms with Gasteiger partial charge in [0.25, 0.3) is 0 Å². The molecule has 2 rings (SSSR count). The minimum atomic E-state index is -1.32. The molecule has 2 aliphatic carbocycles. The molecule has 0 aromatic heterocycles. The van der Waals surface area contributed by atoms with Gasteiger partial charge in [0.15, 0.2) is 16.6 Å². The second-order valence-corrected chi connectivity index (χ2v) is 31.9. The summed E-state index contributed by atoms with van der Waals surface area (Å²) < 4.78 is 14.0. The van der Waals surface area contributed by atoms with Gasteiger partial charge in [-0.1, -0.05) is 26.2 Å². The summed E-state index contributed by atoms with van der Waals surface area (Å²) in [5, 5.41) is 2.98. The molecule has 0 spiro atoms. The summed E-state index contributed by atoms with van der Waals surface area (Å²) in [5.41, 5.74) is 0. The molecular formula is C26H50Cl2O2Si4Zr-2. The number of rotatable bonds is 10. The van der Waals surface area contributed by atoms with Crippen LogP contribution in [0.4, 0.5) is 0 Å². The van der Waals surface area contributed by atoms with E-state index < -0.39 is 32.8 Å². The molecular weight excluding hydrogens is 619 g/mol. The monoisotopic (exact) mass is 666 g/mol. The third-order valence-electron chi connectivity index (χ3n) is 5.37. The first-order valence-electron chi connectivity index (χ1n) is 12.3. The van der Waals surface area contributed by atoms with E-state index in [0.717, 1.165) is 26.1 Å². The SMILES string of the molecule is C[CH]=[Zr+2].C[Si](C)(C)OCC[Si](C)(C)C1=[C-]CC=C1.C[Si](C)(C)OCC[Si](C)(C)C1=[C-]CC=C1.[Cl-].[Cl-]. The van der Waals surface area contributed by atoms with Crippen LogP contribution in [-0.2, 0) is 33.1 Å². The first-order chi connectivity index (χ1) is 15.0. The first kappa shape index (κ1) is 40.6. The number of allylic oxidation sites excluding steroid dienone is 8. The van der Waals surface area contributed by atoms with Gasteiger partial charge < -0.3 is 33.7 Å². The fraction of sp³-hybridized carbons (Fsp3) is 0.654. The van der Waals surface area contributed by atoms with Crippen molar-refractivity contribution in [1.82, 2.24) is 0 Å². The Balaban J connectivity index is -0.000000500. The second-order valence-electron chi connectivity index (χ2n) is 11.9. The van der Waals surface area contributed by atoms with Crippen molar-refractivity contribution in [2.75, 3.05) is 13.2 Å². The van der Waals surface area contributed by atoms with E-state index >= 15 is 0 Å². The molecule has 0 unspecified atom stereocenters. The molecule has 35 heavy (non-hydrogen) atoms. The fourth-order valence-corrected chi connectivity index (χ4v) is 9.13. The Labute approximate surface area is 249 Å². The second kappa shape index (κ2) is 19.2. The van der Waals surface area contributed by atoms with Crippen molar-refractivity contribution >= 4 is 36.5 Å². The van der Waals surface area contributed by atoms with Crippen LogP contribution >= 0.6 is 0 Å². The summed E-state index contributed by atoms with van der Waals surface area (Å²) in [5.74, 6) is 0. The van der Waals surface area contributed by atoms with E-state index in [1.807, 2.05) is 6.92 Å². The molecule has 0 aromatic carbocycles. The zero-order valence-corrected chi connectivity index (χ0v) is 32.2. The van der Waals surface area contributed by atoms with Crippen LogP contribution in [0.2, 0.25) is 77.6 Å². The average Bonchev–Trinajstić information content (AvgIpc) is 3.35. The predicted octanol–water partition coefficient (Wildman–Crippen LogP) is 1.91. The van der Waals surface area contributed by atoms with E-state index in [9.17, 15) is 0 Å². The molecule has 0 saturated heterocycles. The van der Waals surface area contributed by atoms with Crippen LogP contribution in [0.25, 0.3) is 0 Å². The summed E-state index contributed by atoms with van der Waals surface area (Å²) in [6.07, 6.45) is 17.9. The minimum Gasteiger partial charge on any atom is -1.00 e. The molecule has 9 heteroatoms. The molecule has 2 nitrogen and oxygen atoms in total. The zero-order valence-electron chi connectivity index (χ0n) is 24.2. The van der Waals surface area contributed by atoms with Gasteiger partial charge in [-0.15, -0.1) is 12.8 Å². The van der Waals surface area contributed by atoms with Crippen molar-refractivity contribution in [3.8, 4) is 0 Å². The Morgan fingerprint density at radius 1 is 0.714 bits per heavy atom. The summed E-state index contributed by atoms with van der Waals surface area (Å²) in [4.78, 5) is 0. The van der Waals surface area contributed by atoms with Crippen molar-refractivity contribution in [2.24, 2.45) is 0 Å². The summed E-state index contributed by atoms with van der Waals surface area (Å²) in [6, 6.07) is 2.45. The topological polar surface area (TPSA) is 18.5 Å². The van der Waals surface area contributed by atoms with Gasteiger partial charge >= 0.3 is 34.9 Å². The molecule has 0 aromatic rings. The van der Waals surface area contributed by atoms with Gasteiger partial charge in [0, 0.05) is 29.4 Å². The van der Waals surface area contributed by atoms with Gasteiger partial charge in [0.2, 0.25) is 0 Å². The largest absolute Gasteiger partial charge is 1.00 e. The molecule has 0 aliphatic heterocycles. The van der Waals surface area contributed by atoms with Gasteiger partial charge in [-0.05, 0) is 51.4 Å². The van der Waals surface area contributed by atoms with E-state index in [1.54, 1.807) is 0 Å². The number of hydrogen-bond acceptors (Lipinski definition) is 2. The molecule has 0 N–H and O–H groups in total. The van der Waals surface area contributed by atoms with Crippen LogP contribution in [0.15, 0.2) is 34.7 Å². The van der Waals surface area contributed by atoms with E-state index in [4.69, 9.17) is 8.85 Å². The smallest absolute Gasteiger partial charge is 0.183 e. The fourth-order valence-electron chi connectivity index (χ4n) is 3.23. The standard InChI is InChI=1S/2C12H23OSi2.C2H4.2ClH.Zr/c2*1-14(2,3)13-10-11-15(4,5)12-8-6-7-9-12;1-2;;;/h2*6,8H,7,10-11H2,1-5H3;1H,2H3;2*1H;/q2*-1;;;;+2/p-2. The predicted molar refractivity (Wildman–Crippen MR) is 156 cm³/mol. The normalized spacial score (nSPS) is 15.0. The Kier molecular flexibility index (Phi) is 22.2. The number of halogens is 2. The van der Waals surface area contributed by atoms with Crippen molar-refractivity contribution in [1.29, 1.82) is 0 Å². The Hall–Kier alpha value is 1.08. The molecule has 0 atom stereocenters. The Morgan fingerprint density at radius 2 is 1.00 bits per heavy atom. The van der Waals surface area contributed by atoms with Gasteiger partial charge in [-0.25, -0.2) is 22.5 Å². The molecule has 0 fully saturated rings. The molecule has 0 bridgehead atoms. The van der Waals surface area contributed by atoms with Crippen molar-refractivity contribution in [3.05, 3.63) is 46.8 Å². The number of hydrogen-bond donors (Lipinski definition) is 0. The van der Waals surface area contributed by atoms with Gasteiger partial charge in [0.05, 0.1) is 0 Å². The quantitative estimate of drug-likeness (QED) is 0.262. The van der Waals surface area contributed by atoms with E-state index in [0.29, 0.717) is 0 Å².